The second kappa shape index (κ2) is 5.55. The van der Waals surface area contributed by atoms with Gasteiger partial charge in [0.1, 0.15) is 0 Å². The van der Waals surface area contributed by atoms with Crippen LogP contribution in [0.1, 0.15) is 27.3 Å². The van der Waals surface area contributed by atoms with E-state index in [9.17, 15) is 18.0 Å². The zero-order valence-corrected chi connectivity index (χ0v) is 11.5. The zero-order valence-electron chi connectivity index (χ0n) is 11.5. The van der Waals surface area contributed by atoms with Crippen LogP contribution >= 0.6 is 0 Å². The maximum atomic E-state index is 12.4. The molecule has 110 valence electrons. The van der Waals surface area contributed by atoms with Gasteiger partial charge in [-0.05, 0) is 43.7 Å². The molecule has 0 atom stereocenters. The van der Waals surface area contributed by atoms with Crippen molar-refractivity contribution in [3.63, 3.8) is 0 Å². The fraction of sp³-hybridized carbons (Fsp3) is 0.200. The van der Waals surface area contributed by atoms with Gasteiger partial charge in [-0.2, -0.15) is 18.3 Å². The molecule has 0 radical (unpaired) electrons. The van der Waals surface area contributed by atoms with Crippen LogP contribution in [0.25, 0.3) is 6.08 Å². The van der Waals surface area contributed by atoms with E-state index in [0.717, 1.165) is 17.8 Å². The average Bonchev–Trinajstić information content (AvgIpc) is 2.74. The average molecular weight is 294 g/mol. The van der Waals surface area contributed by atoms with Crippen LogP contribution in [0.15, 0.2) is 36.4 Å². The number of rotatable bonds is 2. The molecule has 0 N–H and O–H groups in total. The number of carbonyl (C=O) groups excluding carboxylic acids is 1. The third-order valence-electron chi connectivity index (χ3n) is 2.87. The molecule has 0 fully saturated rings. The highest BCUT2D eigenvalue weighted by Crippen LogP contribution is 2.29. The number of halogens is 3. The Bertz CT molecular complexity index is 682. The quantitative estimate of drug-likeness (QED) is 0.788. The number of carbonyl (C=O) groups is 1. The Morgan fingerprint density at radius 2 is 1.81 bits per heavy atom. The van der Waals surface area contributed by atoms with Crippen molar-refractivity contribution in [1.29, 1.82) is 0 Å². The highest BCUT2D eigenvalue weighted by molar-refractivity contribution is 5.93. The number of hydrogen-bond donors (Lipinski definition) is 0. The highest BCUT2D eigenvalue weighted by Gasteiger charge is 2.29. The normalized spacial score (nSPS) is 12.0. The largest absolute Gasteiger partial charge is 0.416 e. The summed E-state index contributed by atoms with van der Waals surface area (Å²) in [6.45, 7) is 3.53. The molecule has 2 rings (SSSR count). The molecule has 0 saturated heterocycles. The van der Waals surface area contributed by atoms with Crippen LogP contribution in [-0.4, -0.2) is 15.7 Å². The number of nitrogens with zero attached hydrogens (tertiary/aromatic N) is 2. The predicted octanol–water partition coefficient (Wildman–Crippen LogP) is 3.87. The number of aromatic nitrogens is 2. The topological polar surface area (TPSA) is 34.9 Å². The smallest absolute Gasteiger partial charge is 0.267 e. The minimum absolute atomic E-state index is 0.347. The molecular formula is C15H13F3N2O. The SMILES string of the molecule is Cc1cc(C)n(C(=O)/C=C/c2ccc(C(F)(F)F)cc2)n1. The molecule has 0 spiro atoms. The third kappa shape index (κ3) is 3.59. The zero-order chi connectivity index (χ0) is 15.6. The lowest BCUT2D eigenvalue weighted by Crippen LogP contribution is -2.10. The first-order valence-corrected chi connectivity index (χ1v) is 6.20. The van der Waals surface area contributed by atoms with Gasteiger partial charge in [0, 0.05) is 11.8 Å². The molecule has 2 aromatic rings. The molecule has 0 aliphatic heterocycles. The lowest BCUT2D eigenvalue weighted by Gasteiger charge is -2.05. The van der Waals surface area contributed by atoms with Crippen LogP contribution < -0.4 is 0 Å². The summed E-state index contributed by atoms with van der Waals surface area (Å²) in [6.07, 6.45) is -1.62. The fourth-order valence-electron chi connectivity index (χ4n) is 1.87. The minimum Gasteiger partial charge on any atom is -0.267 e. The van der Waals surface area contributed by atoms with E-state index in [-0.39, 0.29) is 5.91 Å². The summed E-state index contributed by atoms with van der Waals surface area (Å²) in [5.41, 5.74) is 1.22. The molecule has 0 saturated carbocycles. The van der Waals surface area contributed by atoms with E-state index < -0.39 is 11.7 Å². The summed E-state index contributed by atoms with van der Waals surface area (Å²) >= 11 is 0. The predicted molar refractivity (Wildman–Crippen MR) is 72.8 cm³/mol. The van der Waals surface area contributed by atoms with Crippen molar-refractivity contribution >= 4 is 12.0 Å². The highest BCUT2D eigenvalue weighted by atomic mass is 19.4. The lowest BCUT2D eigenvalue weighted by molar-refractivity contribution is -0.137. The summed E-state index contributed by atoms with van der Waals surface area (Å²) in [5.74, 6) is -0.347. The van der Waals surface area contributed by atoms with Crippen LogP contribution in [0.2, 0.25) is 0 Å². The molecule has 3 nitrogen and oxygen atoms in total. The molecule has 0 aliphatic rings. The number of hydrogen-bond acceptors (Lipinski definition) is 2. The van der Waals surface area contributed by atoms with E-state index in [1.54, 1.807) is 19.9 Å². The Labute approximate surface area is 119 Å². The third-order valence-corrected chi connectivity index (χ3v) is 2.87. The molecule has 0 bridgehead atoms. The van der Waals surface area contributed by atoms with Crippen molar-refractivity contribution in [2.45, 2.75) is 20.0 Å². The molecule has 1 heterocycles. The molecule has 0 unspecified atom stereocenters. The molecule has 1 aromatic heterocycles. The summed E-state index contributed by atoms with van der Waals surface area (Å²) in [5, 5.41) is 4.04. The second-order valence-electron chi connectivity index (χ2n) is 4.63. The fourth-order valence-corrected chi connectivity index (χ4v) is 1.87. The van der Waals surface area contributed by atoms with Crippen LogP contribution in [0.4, 0.5) is 13.2 Å². The first-order valence-electron chi connectivity index (χ1n) is 6.20. The Morgan fingerprint density at radius 3 is 2.29 bits per heavy atom. The summed E-state index contributed by atoms with van der Waals surface area (Å²) in [7, 11) is 0. The first-order chi connectivity index (χ1) is 9.77. The van der Waals surface area contributed by atoms with Crippen molar-refractivity contribution in [3.8, 4) is 0 Å². The van der Waals surface area contributed by atoms with Gasteiger partial charge in [0.25, 0.3) is 5.91 Å². The van der Waals surface area contributed by atoms with Gasteiger partial charge in [0.2, 0.25) is 0 Å². The van der Waals surface area contributed by atoms with E-state index >= 15 is 0 Å². The van der Waals surface area contributed by atoms with Crippen molar-refractivity contribution in [2.75, 3.05) is 0 Å². The standard InChI is InChI=1S/C15H13F3N2O/c1-10-9-11(2)20(19-10)14(21)8-5-12-3-6-13(7-4-12)15(16,17)18/h3-9H,1-2H3/b8-5+. The van der Waals surface area contributed by atoms with Gasteiger partial charge < -0.3 is 0 Å². The summed E-state index contributed by atoms with van der Waals surface area (Å²) in [6, 6.07) is 6.35. The summed E-state index contributed by atoms with van der Waals surface area (Å²) in [4.78, 5) is 11.9. The van der Waals surface area contributed by atoms with Gasteiger partial charge in [0.05, 0.1) is 11.3 Å². The monoisotopic (exact) mass is 294 g/mol. The van der Waals surface area contributed by atoms with Gasteiger partial charge in [-0.25, -0.2) is 4.68 Å². The number of allylic oxidation sites excluding steroid dienone is 1. The Kier molecular flexibility index (Phi) is 3.97. The van der Waals surface area contributed by atoms with Crippen molar-refractivity contribution < 1.29 is 18.0 Å². The van der Waals surface area contributed by atoms with E-state index in [0.29, 0.717) is 11.3 Å². The van der Waals surface area contributed by atoms with Crippen LogP contribution in [-0.2, 0) is 6.18 Å². The van der Waals surface area contributed by atoms with Crippen molar-refractivity contribution in [1.82, 2.24) is 9.78 Å². The molecule has 0 amide bonds. The second-order valence-corrected chi connectivity index (χ2v) is 4.63. The summed E-state index contributed by atoms with van der Waals surface area (Å²) < 4.78 is 38.5. The van der Waals surface area contributed by atoms with E-state index in [1.165, 1.54) is 29.0 Å². The first kappa shape index (κ1) is 15.0. The molecule has 21 heavy (non-hydrogen) atoms. The number of alkyl halides is 3. The Morgan fingerprint density at radius 1 is 1.19 bits per heavy atom. The number of benzene rings is 1. The van der Waals surface area contributed by atoms with Crippen LogP contribution in [0.5, 0.6) is 0 Å². The molecule has 6 heteroatoms. The van der Waals surface area contributed by atoms with E-state index in [1.807, 2.05) is 0 Å². The molecule has 1 aromatic carbocycles. The van der Waals surface area contributed by atoms with E-state index in [2.05, 4.69) is 5.10 Å². The Hall–Kier alpha value is -2.37. The van der Waals surface area contributed by atoms with Gasteiger partial charge in [0.15, 0.2) is 0 Å². The van der Waals surface area contributed by atoms with E-state index in [4.69, 9.17) is 0 Å². The van der Waals surface area contributed by atoms with Gasteiger partial charge in [-0.1, -0.05) is 12.1 Å². The maximum Gasteiger partial charge on any atom is 0.416 e. The van der Waals surface area contributed by atoms with Crippen LogP contribution in [0, 0.1) is 13.8 Å². The molecular weight excluding hydrogens is 281 g/mol. The van der Waals surface area contributed by atoms with Crippen LogP contribution in [0.3, 0.4) is 0 Å². The minimum atomic E-state index is -4.36. The lowest BCUT2D eigenvalue weighted by atomic mass is 10.1. The maximum absolute atomic E-state index is 12.4. The van der Waals surface area contributed by atoms with Gasteiger partial charge in [-0.3, -0.25) is 4.79 Å². The van der Waals surface area contributed by atoms with Crippen molar-refractivity contribution in [3.05, 3.63) is 58.9 Å². The van der Waals surface area contributed by atoms with Crippen molar-refractivity contribution in [2.24, 2.45) is 0 Å². The molecule has 0 aliphatic carbocycles. The number of aryl methyl sites for hydroxylation is 2. The van der Waals surface area contributed by atoms with Gasteiger partial charge in [-0.15, -0.1) is 0 Å². The van der Waals surface area contributed by atoms with Gasteiger partial charge >= 0.3 is 6.18 Å². The Balaban J connectivity index is 2.14.